The first-order valence-electron chi connectivity index (χ1n) is 7.43. The molecule has 1 atom stereocenters. The molecule has 0 aromatic heterocycles. The molecule has 1 heterocycles. The molecule has 0 fully saturated rings. The third-order valence-corrected chi connectivity index (χ3v) is 4.25. The number of aldehydes is 1. The molecule has 2 aliphatic rings. The van der Waals surface area contributed by atoms with Crippen molar-refractivity contribution in [3.8, 4) is 0 Å². The molecule has 126 valence electrons. The van der Waals surface area contributed by atoms with Gasteiger partial charge in [-0.15, -0.1) is 0 Å². The summed E-state index contributed by atoms with van der Waals surface area (Å²) in [5, 5.41) is 0.391. The van der Waals surface area contributed by atoms with Crippen LogP contribution in [0, 0.1) is 0 Å². The summed E-state index contributed by atoms with van der Waals surface area (Å²) in [5.41, 5.74) is 2.72. The Morgan fingerprint density at radius 2 is 2.13 bits per heavy atom. The Morgan fingerprint density at radius 1 is 1.43 bits per heavy atom. The quantitative estimate of drug-likeness (QED) is 0.636. The lowest BCUT2D eigenvalue weighted by Gasteiger charge is -2.37. The van der Waals surface area contributed by atoms with Gasteiger partial charge in [0.25, 0.3) is 0 Å². The molecule has 0 radical (unpaired) electrons. The molecule has 2 nitrogen and oxygen atoms in total. The fourth-order valence-corrected chi connectivity index (χ4v) is 3.22. The Kier molecular flexibility index (Phi) is 5.40. The number of carbonyl (C=O) groups excluding carboxylic acids is 1. The maximum atomic E-state index is 13.7. The third-order valence-electron chi connectivity index (χ3n) is 3.98. The molecule has 6 heteroatoms. The van der Waals surface area contributed by atoms with E-state index in [1.54, 1.807) is 0 Å². The summed E-state index contributed by atoms with van der Waals surface area (Å²) in [6, 6.07) is -0.349. The Morgan fingerprint density at radius 3 is 2.74 bits per heavy atom. The highest BCUT2D eigenvalue weighted by Gasteiger charge is 2.31. The molecule has 0 aromatic carbocycles. The minimum absolute atomic E-state index is 0.0502. The zero-order valence-electron chi connectivity index (χ0n) is 13.1. The predicted molar refractivity (Wildman–Crippen MR) is 84.7 cm³/mol. The number of alkyl halides is 2. The molecule has 1 unspecified atom stereocenters. The molecule has 0 N–H and O–H groups in total. The monoisotopic (exact) mass is 345 g/mol. The van der Waals surface area contributed by atoms with Crippen molar-refractivity contribution in [2.75, 3.05) is 0 Å². The fraction of sp³-hybridized carbons (Fsp3) is 0.471. The van der Waals surface area contributed by atoms with Crippen molar-refractivity contribution in [3.63, 3.8) is 0 Å². The number of hydrogen-bond acceptors (Lipinski definition) is 2. The summed E-state index contributed by atoms with van der Waals surface area (Å²) < 4.78 is 40.2. The molecular weight excluding hydrogens is 327 g/mol. The highest BCUT2D eigenvalue weighted by Crippen LogP contribution is 2.35. The summed E-state index contributed by atoms with van der Waals surface area (Å²) >= 11 is 5.97. The summed E-state index contributed by atoms with van der Waals surface area (Å²) in [7, 11) is 0. The molecule has 0 bridgehead atoms. The van der Waals surface area contributed by atoms with Gasteiger partial charge in [0.2, 0.25) is 0 Å². The van der Waals surface area contributed by atoms with Gasteiger partial charge in [0.05, 0.1) is 6.04 Å². The van der Waals surface area contributed by atoms with Gasteiger partial charge >= 0.3 is 5.92 Å². The van der Waals surface area contributed by atoms with E-state index in [-0.39, 0.29) is 18.7 Å². The van der Waals surface area contributed by atoms with E-state index in [0.29, 0.717) is 23.6 Å². The Labute approximate surface area is 139 Å². The van der Waals surface area contributed by atoms with Crippen molar-refractivity contribution >= 4 is 17.9 Å². The average molecular weight is 346 g/mol. The third kappa shape index (κ3) is 4.50. The molecule has 0 saturated heterocycles. The van der Waals surface area contributed by atoms with E-state index in [2.05, 4.69) is 0 Å². The Hall–Kier alpha value is -1.49. The van der Waals surface area contributed by atoms with E-state index in [0.717, 1.165) is 11.1 Å². The van der Waals surface area contributed by atoms with Gasteiger partial charge in [0.15, 0.2) is 6.29 Å². The highest BCUT2D eigenvalue weighted by atomic mass is 35.5. The molecule has 2 rings (SSSR count). The van der Waals surface area contributed by atoms with Crippen LogP contribution >= 0.6 is 11.6 Å². The smallest absolute Gasteiger partial charge is 0.302 e. The van der Waals surface area contributed by atoms with Crippen LogP contribution in [0.5, 0.6) is 0 Å². The second-order valence-electron chi connectivity index (χ2n) is 6.08. The van der Waals surface area contributed by atoms with E-state index >= 15 is 0 Å². The maximum Gasteiger partial charge on any atom is 0.302 e. The summed E-state index contributed by atoms with van der Waals surface area (Å²) in [5.74, 6) is -3.78. The van der Waals surface area contributed by atoms with Crippen LogP contribution in [0.15, 0.2) is 46.1 Å². The topological polar surface area (TPSA) is 20.3 Å². The normalized spacial score (nSPS) is 22.6. The van der Waals surface area contributed by atoms with Gasteiger partial charge < -0.3 is 4.90 Å². The minimum Gasteiger partial charge on any atom is -0.344 e. The van der Waals surface area contributed by atoms with Crippen molar-refractivity contribution in [2.24, 2.45) is 0 Å². The highest BCUT2D eigenvalue weighted by molar-refractivity contribution is 6.29. The van der Waals surface area contributed by atoms with Crippen molar-refractivity contribution in [2.45, 2.75) is 51.5 Å². The van der Waals surface area contributed by atoms with Gasteiger partial charge in [-0.1, -0.05) is 17.2 Å². The van der Waals surface area contributed by atoms with Gasteiger partial charge in [0.1, 0.15) is 5.83 Å². The van der Waals surface area contributed by atoms with Crippen LogP contribution in [0.3, 0.4) is 0 Å². The second-order valence-corrected chi connectivity index (χ2v) is 6.57. The first-order chi connectivity index (χ1) is 10.7. The number of hydrogen-bond donors (Lipinski definition) is 0. The fourth-order valence-electron chi connectivity index (χ4n) is 2.96. The lowest BCUT2D eigenvalue weighted by Crippen LogP contribution is -2.33. The van der Waals surface area contributed by atoms with Crippen LogP contribution in [0.4, 0.5) is 13.2 Å². The molecule has 1 aliphatic carbocycles. The molecular formula is C17H19ClF3NO. The van der Waals surface area contributed by atoms with Crippen molar-refractivity contribution < 1.29 is 18.0 Å². The van der Waals surface area contributed by atoms with Gasteiger partial charge in [-0.3, -0.25) is 4.79 Å². The largest absolute Gasteiger partial charge is 0.344 e. The predicted octanol–water partition coefficient (Wildman–Crippen LogP) is 5.23. The van der Waals surface area contributed by atoms with Crippen molar-refractivity contribution in [3.05, 3.63) is 46.1 Å². The van der Waals surface area contributed by atoms with Crippen molar-refractivity contribution in [1.82, 2.24) is 4.90 Å². The van der Waals surface area contributed by atoms with Gasteiger partial charge in [0, 0.05) is 29.8 Å². The number of nitrogens with zero attached hydrogens (tertiary/aromatic N) is 1. The Balaban J connectivity index is 2.25. The summed E-state index contributed by atoms with van der Waals surface area (Å²) in [6.45, 7) is 3.81. The standard InChI is InChI=1S/C17H19ClF3NO/c1-11-5-12(2)16(3-4-17(20,21)10-23)22(9-11)15-7-13(18)6-14(19)8-15/h6,8-10,15H,3-5,7H2,1-2H3. The number of rotatable bonds is 5. The van der Waals surface area contributed by atoms with E-state index in [1.165, 1.54) is 12.2 Å². The van der Waals surface area contributed by atoms with Gasteiger partial charge in [-0.05, 0) is 44.4 Å². The summed E-state index contributed by atoms with van der Waals surface area (Å²) in [6.07, 6.45) is 4.81. The zero-order valence-corrected chi connectivity index (χ0v) is 13.8. The number of carbonyl (C=O) groups is 1. The van der Waals surface area contributed by atoms with E-state index in [1.807, 2.05) is 24.9 Å². The van der Waals surface area contributed by atoms with Crippen LogP contribution < -0.4 is 0 Å². The van der Waals surface area contributed by atoms with Crippen LogP contribution in [-0.4, -0.2) is 23.2 Å². The molecule has 0 aromatic rings. The number of allylic oxidation sites excluding steroid dienone is 5. The summed E-state index contributed by atoms with van der Waals surface area (Å²) in [4.78, 5) is 12.2. The van der Waals surface area contributed by atoms with Crippen LogP contribution in [0.1, 0.15) is 39.5 Å². The lowest BCUT2D eigenvalue weighted by molar-refractivity contribution is -0.129. The van der Waals surface area contributed by atoms with E-state index in [9.17, 15) is 18.0 Å². The van der Waals surface area contributed by atoms with Crippen LogP contribution in [-0.2, 0) is 4.79 Å². The molecule has 0 amide bonds. The van der Waals surface area contributed by atoms with Crippen molar-refractivity contribution in [1.29, 1.82) is 0 Å². The first-order valence-corrected chi connectivity index (χ1v) is 7.81. The lowest BCUT2D eigenvalue weighted by atomic mass is 9.95. The average Bonchev–Trinajstić information content (AvgIpc) is 2.44. The Bertz CT molecular complexity index is 619. The van der Waals surface area contributed by atoms with Crippen LogP contribution in [0.2, 0.25) is 0 Å². The first kappa shape index (κ1) is 17.9. The molecule has 1 aliphatic heterocycles. The number of halogens is 4. The van der Waals surface area contributed by atoms with E-state index < -0.39 is 18.2 Å². The van der Waals surface area contributed by atoms with Gasteiger partial charge in [-0.25, -0.2) is 4.39 Å². The minimum atomic E-state index is -3.35. The van der Waals surface area contributed by atoms with Crippen LogP contribution in [0.25, 0.3) is 0 Å². The maximum absolute atomic E-state index is 13.7. The second kappa shape index (κ2) is 6.95. The molecule has 0 spiro atoms. The molecule has 0 saturated carbocycles. The zero-order chi connectivity index (χ0) is 17.2. The molecule has 23 heavy (non-hydrogen) atoms. The van der Waals surface area contributed by atoms with E-state index in [4.69, 9.17) is 11.6 Å². The SMILES string of the molecule is CC1=CN(C2C=C(F)C=C(Cl)C2)C(CCC(F)(F)C=O)=C(C)C1. The van der Waals surface area contributed by atoms with Gasteiger partial charge in [-0.2, -0.15) is 8.78 Å².